The number of carbonyl (C=O) groups excluding carboxylic acids is 2. The van der Waals surface area contributed by atoms with E-state index in [0.717, 1.165) is 16.7 Å². The zero-order valence-corrected chi connectivity index (χ0v) is 20.9. The quantitative estimate of drug-likeness (QED) is 0.329. The first-order valence-electron chi connectivity index (χ1n) is 10.6. The Balaban J connectivity index is 2.26. The molecule has 3 rings (SSSR count). The van der Waals surface area contributed by atoms with Crippen molar-refractivity contribution in [2.24, 2.45) is 0 Å². The Morgan fingerprint density at radius 3 is 1.67 bits per heavy atom. The van der Waals surface area contributed by atoms with Crippen LogP contribution in [0, 0.1) is 34.6 Å². The van der Waals surface area contributed by atoms with Gasteiger partial charge in [-0.2, -0.15) is 0 Å². The first-order valence-corrected chi connectivity index (χ1v) is 11.8. The molecule has 0 heterocycles. The molecule has 0 fully saturated rings. The molecule has 0 N–H and O–H groups in total. The maximum absolute atomic E-state index is 13.8. The molecule has 0 bridgehead atoms. The highest BCUT2D eigenvalue weighted by Gasteiger charge is 2.32. The Kier molecular flexibility index (Phi) is 7.14. The number of carbonyl (C=O) groups is 2. The van der Waals surface area contributed by atoms with Crippen molar-refractivity contribution in [3.8, 4) is 11.5 Å². The molecule has 1 unspecified atom stereocenters. The summed E-state index contributed by atoms with van der Waals surface area (Å²) in [5.41, 5.74) is 4.39. The van der Waals surface area contributed by atoms with Gasteiger partial charge in [-0.3, -0.25) is 14.2 Å². The van der Waals surface area contributed by atoms with E-state index in [4.69, 9.17) is 9.47 Å². The predicted molar refractivity (Wildman–Crippen MR) is 131 cm³/mol. The molecular weight excluding hydrogens is 435 g/mol. The highest BCUT2D eigenvalue weighted by atomic mass is 31.1. The van der Waals surface area contributed by atoms with E-state index < -0.39 is 13.3 Å². The highest BCUT2D eigenvalue weighted by molar-refractivity contribution is 7.71. The number of hydrogen-bond donors (Lipinski definition) is 0. The van der Waals surface area contributed by atoms with E-state index in [0.29, 0.717) is 27.6 Å². The molecule has 0 aliphatic rings. The average molecular weight is 463 g/mol. The van der Waals surface area contributed by atoms with Gasteiger partial charge in [0.25, 0.3) is 5.52 Å². The molecule has 0 aliphatic heterocycles. The number of aryl methyl sites for hydroxylation is 3. The van der Waals surface area contributed by atoms with Crippen molar-refractivity contribution >= 4 is 24.4 Å². The molecule has 171 valence electrons. The largest absolute Gasteiger partial charge is 0.496 e. The van der Waals surface area contributed by atoms with Gasteiger partial charge in [0, 0.05) is 27.6 Å². The van der Waals surface area contributed by atoms with Gasteiger partial charge in [0.1, 0.15) is 17.1 Å². The molecule has 1 radical (unpaired) electrons. The molecule has 3 aromatic carbocycles. The van der Waals surface area contributed by atoms with Gasteiger partial charge in [-0.1, -0.05) is 35.9 Å². The summed E-state index contributed by atoms with van der Waals surface area (Å²) in [7, 11) is 0.463. The molecule has 33 heavy (non-hydrogen) atoms. The summed E-state index contributed by atoms with van der Waals surface area (Å²) in [5.74, 6) is 0.239. The van der Waals surface area contributed by atoms with Crippen LogP contribution in [0.4, 0.5) is 0 Å². The summed E-state index contributed by atoms with van der Waals surface area (Å²) in [4.78, 5) is 27.1. The molecule has 0 aliphatic carbocycles. The van der Waals surface area contributed by atoms with Crippen LogP contribution in [0.25, 0.3) is 0 Å². The SMILES string of the molecule is COc1c(C)c(C(=O)c2c(C)cc(C)cc2C)c(C)c(OC)c1C(=O)[P](=O)c1ccccc1. The van der Waals surface area contributed by atoms with Crippen LogP contribution < -0.4 is 14.8 Å². The zero-order chi connectivity index (χ0) is 24.4. The van der Waals surface area contributed by atoms with Crippen molar-refractivity contribution in [2.75, 3.05) is 14.2 Å². The minimum absolute atomic E-state index is 0.0915. The van der Waals surface area contributed by atoms with Gasteiger partial charge in [0.05, 0.1) is 14.2 Å². The van der Waals surface area contributed by atoms with Crippen LogP contribution in [0.5, 0.6) is 11.5 Å². The first-order chi connectivity index (χ1) is 15.6. The molecule has 0 amide bonds. The van der Waals surface area contributed by atoms with Crippen LogP contribution in [-0.2, 0) is 4.57 Å². The average Bonchev–Trinajstić information content (AvgIpc) is 2.77. The first kappa shape index (κ1) is 24.3. The number of methoxy groups -OCH3 is 2. The Morgan fingerprint density at radius 2 is 1.21 bits per heavy atom. The van der Waals surface area contributed by atoms with Gasteiger partial charge in [-0.05, 0) is 57.9 Å². The monoisotopic (exact) mass is 463 g/mol. The van der Waals surface area contributed by atoms with Crippen molar-refractivity contribution in [3.05, 3.63) is 87.0 Å². The van der Waals surface area contributed by atoms with E-state index in [9.17, 15) is 14.2 Å². The lowest BCUT2D eigenvalue weighted by Crippen LogP contribution is -2.15. The molecule has 3 aromatic rings. The summed E-state index contributed by atoms with van der Waals surface area (Å²) in [6.45, 7) is 9.29. The Bertz CT molecular complexity index is 1220. The van der Waals surface area contributed by atoms with Crippen LogP contribution in [-0.4, -0.2) is 25.5 Å². The smallest absolute Gasteiger partial charge is 0.254 e. The fourth-order valence-corrected chi connectivity index (χ4v) is 5.56. The lowest BCUT2D eigenvalue weighted by molar-refractivity contribution is 0.103. The van der Waals surface area contributed by atoms with Crippen LogP contribution in [0.3, 0.4) is 0 Å². The van der Waals surface area contributed by atoms with Gasteiger partial charge >= 0.3 is 0 Å². The Hall–Kier alpha value is -3.30. The van der Waals surface area contributed by atoms with E-state index in [1.165, 1.54) is 14.2 Å². The summed E-state index contributed by atoms with van der Waals surface area (Å²) < 4.78 is 24.3. The molecule has 0 saturated carbocycles. The second-order valence-electron chi connectivity index (χ2n) is 8.10. The van der Waals surface area contributed by atoms with Crippen LogP contribution >= 0.6 is 7.80 Å². The van der Waals surface area contributed by atoms with E-state index in [-0.39, 0.29) is 22.8 Å². The summed E-state index contributed by atoms with van der Waals surface area (Å²) in [5, 5.41) is 0.419. The van der Waals surface area contributed by atoms with Gasteiger partial charge in [-0.15, -0.1) is 0 Å². The topological polar surface area (TPSA) is 69.7 Å². The summed E-state index contributed by atoms with van der Waals surface area (Å²) in [6, 6.07) is 12.5. The highest BCUT2D eigenvalue weighted by Crippen LogP contribution is 2.44. The van der Waals surface area contributed by atoms with Crippen molar-refractivity contribution < 1.29 is 23.6 Å². The lowest BCUT2D eigenvalue weighted by Gasteiger charge is -2.21. The van der Waals surface area contributed by atoms with Crippen molar-refractivity contribution in [1.82, 2.24) is 0 Å². The summed E-state index contributed by atoms with van der Waals surface area (Å²) >= 11 is 0. The Labute approximate surface area is 195 Å². The molecule has 0 saturated heterocycles. The van der Waals surface area contributed by atoms with E-state index in [1.54, 1.807) is 44.2 Å². The van der Waals surface area contributed by atoms with Gasteiger partial charge in [0.15, 0.2) is 13.6 Å². The molecule has 6 heteroatoms. The third-order valence-electron chi connectivity index (χ3n) is 5.81. The number of rotatable bonds is 7. The minimum atomic E-state index is -2.40. The molecule has 0 spiro atoms. The van der Waals surface area contributed by atoms with E-state index in [1.807, 2.05) is 32.9 Å². The predicted octanol–water partition coefficient (Wildman–Crippen LogP) is 5.77. The van der Waals surface area contributed by atoms with Crippen LogP contribution in [0.15, 0.2) is 42.5 Å². The molecule has 1 atom stereocenters. The maximum atomic E-state index is 13.8. The van der Waals surface area contributed by atoms with E-state index in [2.05, 4.69) is 0 Å². The number of ketones is 1. The van der Waals surface area contributed by atoms with Crippen molar-refractivity contribution in [1.29, 1.82) is 0 Å². The molecule has 5 nitrogen and oxygen atoms in total. The van der Waals surface area contributed by atoms with Gasteiger partial charge in [0.2, 0.25) is 0 Å². The second kappa shape index (κ2) is 9.68. The van der Waals surface area contributed by atoms with Crippen LogP contribution in [0.1, 0.15) is 54.1 Å². The minimum Gasteiger partial charge on any atom is -0.496 e. The number of ether oxygens (including phenoxy) is 2. The molecule has 0 aromatic heterocycles. The standard InChI is InChI=1S/C27H28O5P/c1-15-13-16(2)21(17(3)14-15)24(28)22-18(4)25(31-6)23(26(32-7)19(22)5)27(29)33(30)20-11-9-8-10-12-20/h8-14H,1-7H3. The number of benzene rings is 3. The normalized spacial score (nSPS) is 11.2. The third kappa shape index (κ3) is 4.34. The fourth-order valence-electron chi connectivity index (χ4n) is 4.48. The van der Waals surface area contributed by atoms with Gasteiger partial charge in [-0.25, -0.2) is 0 Å². The van der Waals surface area contributed by atoms with E-state index >= 15 is 0 Å². The number of hydrogen-bond acceptors (Lipinski definition) is 5. The molecular formula is C27H28O5P. The van der Waals surface area contributed by atoms with Crippen molar-refractivity contribution in [2.45, 2.75) is 34.6 Å². The second-order valence-corrected chi connectivity index (χ2v) is 9.62. The fraction of sp³-hybridized carbons (Fsp3) is 0.259. The maximum Gasteiger partial charge on any atom is 0.254 e. The van der Waals surface area contributed by atoms with Crippen LogP contribution in [0.2, 0.25) is 0 Å². The zero-order valence-electron chi connectivity index (χ0n) is 20.0. The Morgan fingerprint density at radius 1 is 0.727 bits per heavy atom. The van der Waals surface area contributed by atoms with Gasteiger partial charge < -0.3 is 9.47 Å². The van der Waals surface area contributed by atoms with Crippen molar-refractivity contribution in [3.63, 3.8) is 0 Å². The summed E-state index contributed by atoms with van der Waals surface area (Å²) in [6.07, 6.45) is 0. The third-order valence-corrected chi connectivity index (χ3v) is 7.17. The lowest BCUT2D eigenvalue weighted by atomic mass is 9.87.